The monoisotopic (exact) mass is 329 g/mol. The Labute approximate surface area is 117 Å². The van der Waals surface area contributed by atoms with Crippen LogP contribution in [0.3, 0.4) is 0 Å². The highest BCUT2D eigenvalue weighted by Gasteiger charge is 2.59. The van der Waals surface area contributed by atoms with E-state index in [0.29, 0.717) is 12.1 Å². The molecule has 2 unspecified atom stereocenters. The minimum absolute atomic E-state index is 0.0854. The van der Waals surface area contributed by atoms with Crippen LogP contribution in [0, 0.1) is 0 Å². The van der Waals surface area contributed by atoms with Gasteiger partial charge in [-0.3, -0.25) is 14.0 Å². The smallest absolute Gasteiger partial charge is 0.367 e. The number of rotatable bonds is 5. The number of piperidine rings is 1. The summed E-state index contributed by atoms with van der Waals surface area (Å²) >= 11 is 0. The molecule has 2 aliphatic heterocycles. The van der Waals surface area contributed by atoms with Crippen LogP contribution in [-0.2, 0) is 9.13 Å². The summed E-state index contributed by atoms with van der Waals surface area (Å²) in [6, 6.07) is 0.595. The molecule has 0 aliphatic carbocycles. The van der Waals surface area contributed by atoms with Crippen molar-refractivity contribution >= 4 is 15.2 Å². The molecular weight excluding hydrogens is 308 g/mol. The Morgan fingerprint density at radius 3 is 1.80 bits per heavy atom. The van der Waals surface area contributed by atoms with Gasteiger partial charge in [0.1, 0.15) is 0 Å². The molecule has 0 aromatic rings. The van der Waals surface area contributed by atoms with Crippen molar-refractivity contribution in [2.75, 3.05) is 6.54 Å². The van der Waals surface area contributed by atoms with E-state index in [1.807, 2.05) is 4.90 Å². The third-order valence-electron chi connectivity index (χ3n) is 4.48. The standard InChI is InChI=1S/C10H21NO7P2/c12-10(19(13,14)15,20(16,17)18)6-7-11-8-2-1-3-9(11)5-4-8/h8-9,12H,1-7H2,(H2,13,14,15)(H2,16,17,18). The first kappa shape index (κ1) is 16.6. The molecule has 0 aromatic carbocycles. The lowest BCUT2D eigenvalue weighted by Crippen LogP contribution is -2.43. The zero-order valence-corrected chi connectivity index (χ0v) is 12.8. The Morgan fingerprint density at radius 1 is 0.950 bits per heavy atom. The molecule has 0 spiro atoms. The molecule has 2 rings (SSSR count). The SMILES string of the molecule is O=P(O)(O)C(O)(CCN1C2CCCC1CC2)P(=O)(O)O. The summed E-state index contributed by atoms with van der Waals surface area (Å²) in [6.07, 6.45) is 4.44. The number of aliphatic hydroxyl groups is 1. The number of nitrogens with zero attached hydrogens (tertiary/aromatic N) is 1. The Morgan fingerprint density at radius 2 is 1.40 bits per heavy atom. The van der Waals surface area contributed by atoms with E-state index >= 15 is 0 Å². The van der Waals surface area contributed by atoms with Crippen LogP contribution in [0.25, 0.3) is 0 Å². The maximum Gasteiger partial charge on any atom is 0.369 e. The zero-order valence-electron chi connectivity index (χ0n) is 11.0. The van der Waals surface area contributed by atoms with Crippen LogP contribution in [0.4, 0.5) is 0 Å². The Kier molecular flexibility index (Phi) is 4.52. The van der Waals surface area contributed by atoms with Crippen molar-refractivity contribution < 1.29 is 33.8 Å². The lowest BCUT2D eigenvalue weighted by atomic mass is 10.0. The van der Waals surface area contributed by atoms with E-state index in [1.165, 1.54) is 0 Å². The predicted molar refractivity (Wildman–Crippen MR) is 71.0 cm³/mol. The summed E-state index contributed by atoms with van der Waals surface area (Å²) < 4.78 is 22.6. The van der Waals surface area contributed by atoms with Crippen LogP contribution >= 0.6 is 15.2 Å². The molecule has 0 saturated carbocycles. The molecule has 0 amide bonds. The van der Waals surface area contributed by atoms with E-state index in [9.17, 15) is 14.2 Å². The molecule has 8 nitrogen and oxygen atoms in total. The van der Waals surface area contributed by atoms with Gasteiger partial charge in [-0.25, -0.2) is 0 Å². The average molecular weight is 329 g/mol. The first-order valence-electron chi connectivity index (χ1n) is 6.66. The van der Waals surface area contributed by atoms with Gasteiger partial charge in [-0.2, -0.15) is 0 Å². The second-order valence-corrected chi connectivity index (χ2v) is 9.67. The van der Waals surface area contributed by atoms with E-state index < -0.39 is 26.7 Å². The van der Waals surface area contributed by atoms with Crippen LogP contribution in [0.1, 0.15) is 38.5 Å². The molecule has 2 fully saturated rings. The number of hydrogen-bond acceptors (Lipinski definition) is 4. The Balaban J connectivity index is 2.11. The van der Waals surface area contributed by atoms with Gasteiger partial charge < -0.3 is 24.7 Å². The average Bonchev–Trinajstić information content (AvgIpc) is 2.53. The molecule has 118 valence electrons. The maximum absolute atomic E-state index is 11.3. The minimum Gasteiger partial charge on any atom is -0.367 e. The Hall–Kier alpha value is 0.220. The van der Waals surface area contributed by atoms with Crippen molar-refractivity contribution in [3.8, 4) is 0 Å². The summed E-state index contributed by atoms with van der Waals surface area (Å²) in [5.74, 6) is 0. The van der Waals surface area contributed by atoms with Gasteiger partial charge in [0.05, 0.1) is 0 Å². The summed E-state index contributed by atoms with van der Waals surface area (Å²) in [5.41, 5.74) is 0. The van der Waals surface area contributed by atoms with E-state index in [-0.39, 0.29) is 6.54 Å². The van der Waals surface area contributed by atoms with Crippen molar-refractivity contribution in [2.45, 2.75) is 55.7 Å². The first-order valence-corrected chi connectivity index (χ1v) is 9.88. The van der Waals surface area contributed by atoms with Gasteiger partial charge in [0.2, 0.25) is 0 Å². The van der Waals surface area contributed by atoms with Crippen molar-refractivity contribution in [3.05, 3.63) is 0 Å². The number of hydrogen-bond donors (Lipinski definition) is 5. The van der Waals surface area contributed by atoms with Crippen LogP contribution in [0.5, 0.6) is 0 Å². The molecule has 5 N–H and O–H groups in total. The Bertz CT molecular complexity index is 421. The molecule has 2 heterocycles. The van der Waals surface area contributed by atoms with Gasteiger partial charge in [0.25, 0.3) is 5.08 Å². The van der Waals surface area contributed by atoms with Crippen molar-refractivity contribution in [3.63, 3.8) is 0 Å². The molecule has 10 heteroatoms. The van der Waals surface area contributed by atoms with Gasteiger partial charge in [0.15, 0.2) is 0 Å². The summed E-state index contributed by atoms with van der Waals surface area (Å²) in [7, 11) is -10.7. The highest BCUT2D eigenvalue weighted by atomic mass is 31.2. The van der Waals surface area contributed by atoms with Gasteiger partial charge in [-0.15, -0.1) is 0 Å². The molecular formula is C10H21NO7P2. The van der Waals surface area contributed by atoms with Gasteiger partial charge in [0, 0.05) is 25.0 Å². The van der Waals surface area contributed by atoms with E-state index in [2.05, 4.69) is 0 Å². The van der Waals surface area contributed by atoms with Gasteiger partial charge >= 0.3 is 15.2 Å². The molecule has 2 aliphatic rings. The van der Waals surface area contributed by atoms with Crippen LogP contribution in [-0.4, -0.2) is 53.3 Å². The van der Waals surface area contributed by atoms with Gasteiger partial charge in [-0.05, 0) is 25.7 Å². The third kappa shape index (κ3) is 2.89. The first-order chi connectivity index (χ1) is 9.06. The van der Waals surface area contributed by atoms with E-state index in [4.69, 9.17) is 19.6 Å². The lowest BCUT2D eigenvalue weighted by molar-refractivity contribution is 0.0826. The minimum atomic E-state index is -5.33. The molecule has 2 saturated heterocycles. The lowest BCUT2D eigenvalue weighted by Gasteiger charge is -2.37. The third-order valence-corrected chi connectivity index (χ3v) is 8.36. The molecule has 20 heavy (non-hydrogen) atoms. The van der Waals surface area contributed by atoms with Crippen LogP contribution < -0.4 is 0 Å². The molecule has 0 radical (unpaired) electrons. The van der Waals surface area contributed by atoms with Crippen LogP contribution in [0.2, 0.25) is 0 Å². The van der Waals surface area contributed by atoms with Crippen molar-refractivity contribution in [1.82, 2.24) is 4.90 Å². The molecule has 0 aromatic heterocycles. The zero-order chi connectivity index (χ0) is 15.2. The van der Waals surface area contributed by atoms with Gasteiger partial charge in [-0.1, -0.05) is 6.42 Å². The highest BCUT2D eigenvalue weighted by molar-refractivity contribution is 7.72. The normalized spacial score (nSPS) is 28.9. The van der Waals surface area contributed by atoms with E-state index in [0.717, 1.165) is 32.1 Å². The summed E-state index contributed by atoms with van der Waals surface area (Å²) in [5, 5.41) is 6.57. The fourth-order valence-electron chi connectivity index (χ4n) is 3.33. The fourth-order valence-corrected chi connectivity index (χ4v) is 5.47. The molecule has 2 bridgehead atoms. The largest absolute Gasteiger partial charge is 0.369 e. The summed E-state index contributed by atoms with van der Waals surface area (Å²) in [6.45, 7) is 0.0854. The highest BCUT2D eigenvalue weighted by Crippen LogP contribution is 2.69. The quantitative estimate of drug-likeness (QED) is 0.457. The van der Waals surface area contributed by atoms with Crippen molar-refractivity contribution in [2.24, 2.45) is 0 Å². The fraction of sp³-hybridized carbons (Fsp3) is 1.00. The topological polar surface area (TPSA) is 139 Å². The summed E-state index contributed by atoms with van der Waals surface area (Å²) in [4.78, 5) is 38.4. The molecule has 2 atom stereocenters. The maximum atomic E-state index is 11.3. The second kappa shape index (κ2) is 5.45. The predicted octanol–water partition coefficient (Wildman–Crippen LogP) is 0.395. The second-order valence-electron chi connectivity index (χ2n) is 5.67. The van der Waals surface area contributed by atoms with Crippen LogP contribution in [0.15, 0.2) is 0 Å². The van der Waals surface area contributed by atoms with E-state index in [1.54, 1.807) is 0 Å². The van der Waals surface area contributed by atoms with Crippen molar-refractivity contribution in [1.29, 1.82) is 0 Å². The number of fused-ring (bicyclic) bond motifs is 2.